The van der Waals surface area contributed by atoms with E-state index in [0.29, 0.717) is 0 Å². The summed E-state index contributed by atoms with van der Waals surface area (Å²) in [7, 11) is 0. The summed E-state index contributed by atoms with van der Waals surface area (Å²) in [5, 5.41) is 3.30. The zero-order valence-electron chi connectivity index (χ0n) is 11.1. The Kier molecular flexibility index (Phi) is 3.87. The molecule has 1 N–H and O–H groups in total. The summed E-state index contributed by atoms with van der Waals surface area (Å²) in [4.78, 5) is 13.0. The van der Waals surface area contributed by atoms with E-state index in [1.54, 1.807) is 0 Å². The standard InChI is InChI=1S/C14H18N4/c1-4-13-7-14(18-11(3)17-13)16-9-12-6-5-10(2)15-8-12/h5-8H,4,9H2,1-3H3,(H,16,17,18). The van der Waals surface area contributed by atoms with Crippen molar-refractivity contribution in [3.8, 4) is 0 Å². The van der Waals surface area contributed by atoms with Crippen molar-refractivity contribution in [2.75, 3.05) is 5.32 Å². The molecule has 2 heterocycles. The van der Waals surface area contributed by atoms with Crippen molar-refractivity contribution in [1.29, 1.82) is 0 Å². The monoisotopic (exact) mass is 242 g/mol. The van der Waals surface area contributed by atoms with Crippen LogP contribution in [0.5, 0.6) is 0 Å². The lowest BCUT2D eigenvalue weighted by Crippen LogP contribution is -2.05. The number of anilines is 1. The van der Waals surface area contributed by atoms with E-state index in [4.69, 9.17) is 0 Å². The fourth-order valence-electron chi connectivity index (χ4n) is 1.70. The van der Waals surface area contributed by atoms with Gasteiger partial charge in [-0.15, -0.1) is 0 Å². The molecule has 0 radical (unpaired) electrons. The predicted octanol–water partition coefficient (Wildman–Crippen LogP) is 2.66. The third-order valence-electron chi connectivity index (χ3n) is 2.70. The number of aryl methyl sites for hydroxylation is 3. The highest BCUT2D eigenvalue weighted by Gasteiger charge is 2.00. The van der Waals surface area contributed by atoms with Gasteiger partial charge in [-0.05, 0) is 31.9 Å². The van der Waals surface area contributed by atoms with Gasteiger partial charge in [-0.2, -0.15) is 0 Å². The van der Waals surface area contributed by atoms with E-state index < -0.39 is 0 Å². The van der Waals surface area contributed by atoms with Crippen LogP contribution in [0, 0.1) is 13.8 Å². The highest BCUT2D eigenvalue weighted by molar-refractivity contribution is 5.37. The third-order valence-corrected chi connectivity index (χ3v) is 2.70. The Hall–Kier alpha value is -1.97. The molecule has 94 valence electrons. The highest BCUT2D eigenvalue weighted by Crippen LogP contribution is 2.09. The first-order chi connectivity index (χ1) is 8.67. The molecule has 0 fully saturated rings. The van der Waals surface area contributed by atoms with Crippen molar-refractivity contribution >= 4 is 5.82 Å². The minimum atomic E-state index is 0.729. The molecular formula is C14H18N4. The van der Waals surface area contributed by atoms with E-state index in [-0.39, 0.29) is 0 Å². The van der Waals surface area contributed by atoms with E-state index in [1.807, 2.05) is 32.2 Å². The van der Waals surface area contributed by atoms with Gasteiger partial charge in [0.05, 0.1) is 0 Å². The van der Waals surface area contributed by atoms with Gasteiger partial charge in [-0.25, -0.2) is 9.97 Å². The lowest BCUT2D eigenvalue weighted by Gasteiger charge is -2.08. The van der Waals surface area contributed by atoms with Crippen LogP contribution >= 0.6 is 0 Å². The summed E-state index contributed by atoms with van der Waals surface area (Å²) >= 11 is 0. The van der Waals surface area contributed by atoms with Gasteiger partial charge in [0.2, 0.25) is 0 Å². The van der Waals surface area contributed by atoms with Crippen molar-refractivity contribution in [2.45, 2.75) is 33.7 Å². The van der Waals surface area contributed by atoms with Crippen LogP contribution in [0.25, 0.3) is 0 Å². The topological polar surface area (TPSA) is 50.7 Å². The zero-order chi connectivity index (χ0) is 13.0. The van der Waals surface area contributed by atoms with Gasteiger partial charge in [-0.3, -0.25) is 4.98 Å². The number of nitrogens with zero attached hydrogens (tertiary/aromatic N) is 3. The average Bonchev–Trinajstić information content (AvgIpc) is 2.37. The van der Waals surface area contributed by atoms with Crippen LogP contribution in [-0.4, -0.2) is 15.0 Å². The van der Waals surface area contributed by atoms with Gasteiger partial charge in [-0.1, -0.05) is 13.0 Å². The van der Waals surface area contributed by atoms with E-state index >= 15 is 0 Å². The lowest BCUT2D eigenvalue weighted by molar-refractivity contribution is 0.940. The third kappa shape index (κ3) is 3.26. The average molecular weight is 242 g/mol. The van der Waals surface area contributed by atoms with Gasteiger partial charge < -0.3 is 5.32 Å². The van der Waals surface area contributed by atoms with Crippen LogP contribution in [-0.2, 0) is 13.0 Å². The summed E-state index contributed by atoms with van der Waals surface area (Å²) in [5.74, 6) is 1.68. The molecule has 2 aromatic heterocycles. The summed E-state index contributed by atoms with van der Waals surface area (Å²) in [6.07, 6.45) is 2.81. The van der Waals surface area contributed by atoms with Crippen LogP contribution in [0.1, 0.15) is 29.7 Å². The Bertz CT molecular complexity index is 520. The van der Waals surface area contributed by atoms with Crippen LogP contribution in [0.3, 0.4) is 0 Å². The SMILES string of the molecule is CCc1cc(NCc2ccc(C)nc2)nc(C)n1. The Labute approximate surface area is 108 Å². The molecule has 4 heteroatoms. The minimum absolute atomic E-state index is 0.729. The number of rotatable bonds is 4. The molecule has 0 atom stereocenters. The van der Waals surface area contributed by atoms with Crippen LogP contribution in [0.15, 0.2) is 24.4 Å². The smallest absolute Gasteiger partial charge is 0.130 e. The first-order valence-corrected chi connectivity index (χ1v) is 6.17. The predicted molar refractivity (Wildman–Crippen MR) is 72.4 cm³/mol. The van der Waals surface area contributed by atoms with Crippen LogP contribution in [0.4, 0.5) is 5.82 Å². The lowest BCUT2D eigenvalue weighted by atomic mass is 10.2. The summed E-state index contributed by atoms with van der Waals surface area (Å²) in [5.41, 5.74) is 3.24. The first kappa shape index (κ1) is 12.5. The first-order valence-electron chi connectivity index (χ1n) is 6.17. The molecule has 0 aromatic carbocycles. The van der Waals surface area contributed by atoms with Crippen molar-refractivity contribution in [2.24, 2.45) is 0 Å². The Morgan fingerprint density at radius 1 is 1.17 bits per heavy atom. The summed E-state index contributed by atoms with van der Waals surface area (Å²) in [6.45, 7) is 6.72. The molecule has 0 bridgehead atoms. The van der Waals surface area contributed by atoms with Gasteiger partial charge in [0.15, 0.2) is 0 Å². The highest BCUT2D eigenvalue weighted by atomic mass is 15.0. The second kappa shape index (κ2) is 5.58. The molecule has 0 saturated carbocycles. The summed E-state index contributed by atoms with van der Waals surface area (Å²) < 4.78 is 0. The molecule has 18 heavy (non-hydrogen) atoms. The fourth-order valence-corrected chi connectivity index (χ4v) is 1.70. The largest absolute Gasteiger partial charge is 0.366 e. The molecule has 0 aliphatic carbocycles. The maximum absolute atomic E-state index is 4.37. The minimum Gasteiger partial charge on any atom is -0.366 e. The molecule has 4 nitrogen and oxygen atoms in total. The van der Waals surface area contributed by atoms with Crippen LogP contribution in [0.2, 0.25) is 0 Å². The molecule has 0 amide bonds. The molecule has 0 unspecified atom stereocenters. The molecule has 2 rings (SSSR count). The van der Waals surface area contributed by atoms with Crippen molar-refractivity contribution in [3.63, 3.8) is 0 Å². The Balaban J connectivity index is 2.05. The zero-order valence-corrected chi connectivity index (χ0v) is 11.1. The van der Waals surface area contributed by atoms with E-state index in [9.17, 15) is 0 Å². The second-order valence-electron chi connectivity index (χ2n) is 4.31. The number of hydrogen-bond acceptors (Lipinski definition) is 4. The molecule has 0 aliphatic rings. The van der Waals surface area contributed by atoms with Crippen molar-refractivity contribution in [1.82, 2.24) is 15.0 Å². The quantitative estimate of drug-likeness (QED) is 0.895. The Morgan fingerprint density at radius 3 is 2.67 bits per heavy atom. The van der Waals surface area contributed by atoms with E-state index in [2.05, 4.69) is 33.3 Å². The number of hydrogen-bond donors (Lipinski definition) is 1. The fraction of sp³-hybridized carbons (Fsp3) is 0.357. The normalized spacial score (nSPS) is 10.4. The molecule has 2 aromatic rings. The van der Waals surface area contributed by atoms with Crippen LogP contribution < -0.4 is 5.32 Å². The van der Waals surface area contributed by atoms with Crippen molar-refractivity contribution < 1.29 is 0 Å². The van der Waals surface area contributed by atoms with E-state index in [0.717, 1.165) is 41.6 Å². The van der Waals surface area contributed by atoms with Gasteiger partial charge in [0, 0.05) is 30.2 Å². The molecule has 0 spiro atoms. The van der Waals surface area contributed by atoms with Gasteiger partial charge in [0.1, 0.15) is 11.6 Å². The summed E-state index contributed by atoms with van der Waals surface area (Å²) in [6, 6.07) is 6.08. The van der Waals surface area contributed by atoms with E-state index in [1.165, 1.54) is 0 Å². The molecule has 0 aliphatic heterocycles. The maximum Gasteiger partial charge on any atom is 0.130 e. The van der Waals surface area contributed by atoms with Gasteiger partial charge >= 0.3 is 0 Å². The number of pyridine rings is 1. The number of aromatic nitrogens is 3. The van der Waals surface area contributed by atoms with Gasteiger partial charge in [0.25, 0.3) is 0 Å². The Morgan fingerprint density at radius 2 is 2.00 bits per heavy atom. The number of nitrogens with one attached hydrogen (secondary N) is 1. The maximum atomic E-state index is 4.37. The van der Waals surface area contributed by atoms with Crippen molar-refractivity contribution in [3.05, 3.63) is 47.2 Å². The second-order valence-corrected chi connectivity index (χ2v) is 4.31. The molecule has 0 saturated heterocycles. The molecular weight excluding hydrogens is 224 g/mol.